The number of ether oxygens (including phenoxy) is 1. The van der Waals surface area contributed by atoms with E-state index in [2.05, 4.69) is 19.0 Å². The maximum atomic E-state index is 13.4. The van der Waals surface area contributed by atoms with Crippen LogP contribution in [-0.4, -0.2) is 52.1 Å². The molecular weight excluding hydrogens is 458 g/mol. The summed E-state index contributed by atoms with van der Waals surface area (Å²) in [5, 5.41) is 3.21. The van der Waals surface area contributed by atoms with Crippen molar-refractivity contribution in [2.45, 2.75) is 23.8 Å². The van der Waals surface area contributed by atoms with Crippen LogP contribution in [0.5, 0.6) is 5.75 Å². The van der Waals surface area contributed by atoms with Gasteiger partial charge in [-0.3, -0.25) is 4.79 Å². The van der Waals surface area contributed by atoms with Crippen LogP contribution in [0.15, 0.2) is 41.3 Å². The van der Waals surface area contributed by atoms with E-state index >= 15 is 0 Å². The number of hydrogen-bond donors (Lipinski definition) is 1. The molecule has 31 heavy (non-hydrogen) atoms. The number of benzene rings is 2. The summed E-state index contributed by atoms with van der Waals surface area (Å²) in [5.74, 6) is 0.309. The van der Waals surface area contributed by atoms with Gasteiger partial charge in [-0.05, 0) is 43.2 Å². The van der Waals surface area contributed by atoms with E-state index in [0.717, 1.165) is 21.9 Å². The summed E-state index contributed by atoms with van der Waals surface area (Å²) in [6.45, 7) is 0.269. The van der Waals surface area contributed by atoms with Crippen LogP contribution in [0, 0.1) is 0 Å². The molecular formula is C19H17N5O4S3. The first-order chi connectivity index (χ1) is 15.0. The molecule has 0 radical (unpaired) electrons. The predicted molar refractivity (Wildman–Crippen MR) is 119 cm³/mol. The van der Waals surface area contributed by atoms with Crippen LogP contribution in [0.25, 0.3) is 21.3 Å². The summed E-state index contributed by atoms with van der Waals surface area (Å²) in [5.41, 5.74) is 1.59. The zero-order chi connectivity index (χ0) is 21.6. The van der Waals surface area contributed by atoms with Crippen molar-refractivity contribution in [1.82, 2.24) is 18.0 Å². The molecule has 1 amide bonds. The first-order valence-electron chi connectivity index (χ1n) is 9.46. The Labute approximate surface area is 186 Å². The summed E-state index contributed by atoms with van der Waals surface area (Å²) >= 11 is 2.28. The Morgan fingerprint density at radius 2 is 2.10 bits per heavy atom. The predicted octanol–water partition coefficient (Wildman–Crippen LogP) is 3.10. The number of methoxy groups -OCH3 is 1. The van der Waals surface area contributed by atoms with Gasteiger partial charge in [-0.25, -0.2) is 13.4 Å². The number of carbonyl (C=O) groups is 1. The average molecular weight is 476 g/mol. The average Bonchev–Trinajstić information content (AvgIpc) is 3.51. The van der Waals surface area contributed by atoms with Gasteiger partial charge in [0.1, 0.15) is 27.7 Å². The fourth-order valence-corrected chi connectivity index (χ4v) is 6.99. The van der Waals surface area contributed by atoms with Crippen molar-refractivity contribution in [3.8, 4) is 5.75 Å². The molecule has 1 saturated heterocycles. The number of hydrogen-bond acceptors (Lipinski definition) is 9. The van der Waals surface area contributed by atoms with Gasteiger partial charge in [0.15, 0.2) is 5.13 Å². The smallest absolute Gasteiger partial charge is 0.246 e. The van der Waals surface area contributed by atoms with E-state index in [1.54, 1.807) is 25.3 Å². The second-order valence-corrected chi connectivity index (χ2v) is 10.4. The maximum absolute atomic E-state index is 13.4. The molecule has 1 N–H and O–H groups in total. The van der Waals surface area contributed by atoms with Gasteiger partial charge < -0.3 is 10.1 Å². The number of carbonyl (C=O) groups excluding carboxylic acids is 1. The Morgan fingerprint density at radius 1 is 1.23 bits per heavy atom. The summed E-state index contributed by atoms with van der Waals surface area (Å²) in [4.78, 5) is 17.5. The van der Waals surface area contributed by atoms with Crippen LogP contribution in [0.3, 0.4) is 0 Å². The van der Waals surface area contributed by atoms with Crippen molar-refractivity contribution in [3.63, 3.8) is 0 Å². The summed E-state index contributed by atoms with van der Waals surface area (Å²) in [7, 11) is -2.33. The van der Waals surface area contributed by atoms with E-state index in [9.17, 15) is 13.2 Å². The van der Waals surface area contributed by atoms with Crippen molar-refractivity contribution in [2.24, 2.45) is 0 Å². The molecule has 0 aliphatic carbocycles. The molecule has 1 aliphatic rings. The standard InChI is InChI=1S/C19H17N5O4S3/c1-28-11-7-8-12-15(10-11)29-19(20-12)21-18(25)14-5-3-9-24(14)31(26,27)16-6-2-4-13-17(16)23-30-22-13/h2,4,6-8,10,14H,3,5,9H2,1H3,(H,20,21,25). The number of nitrogens with one attached hydrogen (secondary N) is 1. The lowest BCUT2D eigenvalue weighted by atomic mass is 10.2. The SMILES string of the molecule is COc1ccc2nc(NC(=O)C3CCCN3S(=O)(=O)c3cccc4nsnc34)sc2c1. The highest BCUT2D eigenvalue weighted by Crippen LogP contribution is 2.32. The van der Waals surface area contributed by atoms with Crippen LogP contribution in [0.2, 0.25) is 0 Å². The highest BCUT2D eigenvalue weighted by molar-refractivity contribution is 7.89. The lowest BCUT2D eigenvalue weighted by Gasteiger charge is -2.23. The van der Waals surface area contributed by atoms with E-state index in [4.69, 9.17) is 4.74 Å². The third kappa shape index (κ3) is 3.55. The molecule has 160 valence electrons. The van der Waals surface area contributed by atoms with Gasteiger partial charge in [0.2, 0.25) is 15.9 Å². The van der Waals surface area contributed by atoms with Crippen LogP contribution >= 0.6 is 23.1 Å². The number of amides is 1. The van der Waals surface area contributed by atoms with Crippen molar-refractivity contribution in [2.75, 3.05) is 19.0 Å². The molecule has 1 atom stereocenters. The molecule has 1 fully saturated rings. The van der Waals surface area contributed by atoms with Gasteiger partial charge >= 0.3 is 0 Å². The second-order valence-electron chi connectivity index (χ2n) is 7.00. The second kappa shape index (κ2) is 7.79. The molecule has 0 spiro atoms. The third-order valence-electron chi connectivity index (χ3n) is 5.17. The van der Waals surface area contributed by atoms with Crippen molar-refractivity contribution < 1.29 is 17.9 Å². The lowest BCUT2D eigenvalue weighted by molar-refractivity contribution is -0.119. The van der Waals surface area contributed by atoms with Gasteiger partial charge in [-0.1, -0.05) is 17.4 Å². The van der Waals surface area contributed by atoms with Gasteiger partial charge in [0.25, 0.3) is 0 Å². The molecule has 5 rings (SSSR count). The molecule has 0 saturated carbocycles. The molecule has 3 heterocycles. The van der Waals surface area contributed by atoms with Crippen LogP contribution in [0.4, 0.5) is 5.13 Å². The highest BCUT2D eigenvalue weighted by Gasteiger charge is 2.40. The largest absolute Gasteiger partial charge is 0.497 e. The quantitative estimate of drug-likeness (QED) is 0.472. The van der Waals surface area contributed by atoms with Gasteiger partial charge in [-0.15, -0.1) is 0 Å². The first-order valence-corrected chi connectivity index (χ1v) is 12.4. The van der Waals surface area contributed by atoms with Crippen LogP contribution in [0.1, 0.15) is 12.8 Å². The monoisotopic (exact) mass is 475 g/mol. The molecule has 2 aromatic heterocycles. The topological polar surface area (TPSA) is 114 Å². The van der Waals surface area contributed by atoms with Crippen molar-refractivity contribution in [3.05, 3.63) is 36.4 Å². The fraction of sp³-hybridized carbons (Fsp3) is 0.263. The van der Waals surface area contributed by atoms with Gasteiger partial charge in [0.05, 0.1) is 29.1 Å². The summed E-state index contributed by atoms with van der Waals surface area (Å²) < 4.78 is 42.4. The van der Waals surface area contributed by atoms with Crippen LogP contribution < -0.4 is 10.1 Å². The summed E-state index contributed by atoms with van der Waals surface area (Å²) in [6.07, 6.45) is 1.04. The minimum atomic E-state index is -3.91. The first kappa shape index (κ1) is 20.2. The van der Waals surface area contributed by atoms with E-state index in [-0.39, 0.29) is 11.4 Å². The molecule has 9 nitrogen and oxygen atoms in total. The lowest BCUT2D eigenvalue weighted by Crippen LogP contribution is -2.43. The Hall–Kier alpha value is -2.67. The fourth-order valence-electron chi connectivity index (χ4n) is 3.68. The van der Waals surface area contributed by atoms with Gasteiger partial charge in [0, 0.05) is 6.54 Å². The number of thiazole rings is 1. The number of nitrogens with zero attached hydrogens (tertiary/aromatic N) is 4. The van der Waals surface area contributed by atoms with E-state index in [1.165, 1.54) is 21.7 Å². The normalized spacial score (nSPS) is 17.4. The highest BCUT2D eigenvalue weighted by atomic mass is 32.2. The molecule has 0 bridgehead atoms. The molecule has 1 unspecified atom stereocenters. The minimum Gasteiger partial charge on any atom is -0.497 e. The Bertz CT molecular complexity index is 1400. The van der Waals surface area contributed by atoms with Crippen molar-refractivity contribution >= 4 is 65.4 Å². The van der Waals surface area contributed by atoms with Crippen LogP contribution in [-0.2, 0) is 14.8 Å². The molecule has 4 aromatic rings. The Kier molecular flexibility index (Phi) is 5.08. The summed E-state index contributed by atoms with van der Waals surface area (Å²) in [6, 6.07) is 9.51. The third-order valence-corrected chi connectivity index (χ3v) is 8.58. The number of fused-ring (bicyclic) bond motifs is 2. The Balaban J connectivity index is 1.42. The molecule has 12 heteroatoms. The number of aromatic nitrogens is 3. The van der Waals surface area contributed by atoms with Gasteiger partial charge in [-0.2, -0.15) is 13.1 Å². The Morgan fingerprint density at radius 3 is 2.94 bits per heavy atom. The van der Waals surface area contributed by atoms with E-state index in [0.29, 0.717) is 34.8 Å². The molecule has 1 aliphatic heterocycles. The van der Waals surface area contributed by atoms with E-state index < -0.39 is 22.0 Å². The zero-order valence-corrected chi connectivity index (χ0v) is 18.8. The maximum Gasteiger partial charge on any atom is 0.246 e. The number of anilines is 1. The zero-order valence-electron chi connectivity index (χ0n) is 16.3. The number of sulfonamides is 1. The minimum absolute atomic E-state index is 0.0746. The number of rotatable bonds is 5. The van der Waals surface area contributed by atoms with E-state index in [1.807, 2.05) is 12.1 Å². The van der Waals surface area contributed by atoms with Crippen molar-refractivity contribution in [1.29, 1.82) is 0 Å². The molecule has 2 aromatic carbocycles.